The van der Waals surface area contributed by atoms with E-state index in [2.05, 4.69) is 10.3 Å². The Kier molecular flexibility index (Phi) is 4.53. The lowest BCUT2D eigenvalue weighted by Gasteiger charge is -2.02. The van der Waals surface area contributed by atoms with Gasteiger partial charge < -0.3 is 15.0 Å². The van der Waals surface area contributed by atoms with Gasteiger partial charge in [-0.15, -0.1) is 0 Å². The second-order valence-electron chi connectivity index (χ2n) is 4.21. The number of benzene rings is 1. The van der Waals surface area contributed by atoms with Gasteiger partial charge in [-0.3, -0.25) is 4.79 Å². The van der Waals surface area contributed by atoms with Crippen LogP contribution < -0.4 is 5.32 Å². The molecule has 0 spiro atoms. The Balaban J connectivity index is 2.23. The Morgan fingerprint density at radius 1 is 1.50 bits per heavy atom. The van der Waals surface area contributed by atoms with Crippen LogP contribution in [0.25, 0.3) is 17.0 Å². The van der Waals surface area contributed by atoms with E-state index in [-0.39, 0.29) is 5.57 Å². The SMILES string of the molecule is COCCNC(=O)/C(C#N)=C\c1c[nH]c2ccccc12. The number of para-hydroxylation sites is 1. The molecule has 2 N–H and O–H groups in total. The Labute approximate surface area is 116 Å². The number of hydrogen-bond acceptors (Lipinski definition) is 3. The van der Waals surface area contributed by atoms with Crippen LogP contribution in [0.3, 0.4) is 0 Å². The third kappa shape index (κ3) is 3.05. The monoisotopic (exact) mass is 269 g/mol. The van der Waals surface area contributed by atoms with Crippen molar-refractivity contribution in [2.75, 3.05) is 20.3 Å². The topological polar surface area (TPSA) is 77.9 Å². The summed E-state index contributed by atoms with van der Waals surface area (Å²) in [7, 11) is 1.55. The molecule has 0 saturated heterocycles. The summed E-state index contributed by atoms with van der Waals surface area (Å²) < 4.78 is 4.85. The Morgan fingerprint density at radius 2 is 2.30 bits per heavy atom. The fourth-order valence-electron chi connectivity index (χ4n) is 1.88. The number of aromatic amines is 1. The normalized spacial score (nSPS) is 11.3. The van der Waals surface area contributed by atoms with Crippen LogP contribution in [0, 0.1) is 11.3 Å². The van der Waals surface area contributed by atoms with E-state index in [4.69, 9.17) is 10.00 Å². The molecule has 1 amide bonds. The van der Waals surface area contributed by atoms with Crippen LogP contribution in [0.1, 0.15) is 5.56 Å². The molecular formula is C15H15N3O2. The summed E-state index contributed by atoms with van der Waals surface area (Å²) in [4.78, 5) is 14.9. The van der Waals surface area contributed by atoms with Crippen molar-refractivity contribution >= 4 is 22.9 Å². The summed E-state index contributed by atoms with van der Waals surface area (Å²) in [5, 5.41) is 12.7. The summed E-state index contributed by atoms with van der Waals surface area (Å²) in [6, 6.07) is 9.65. The van der Waals surface area contributed by atoms with Gasteiger partial charge in [0.1, 0.15) is 11.6 Å². The first-order valence-corrected chi connectivity index (χ1v) is 6.21. The second-order valence-corrected chi connectivity index (χ2v) is 4.21. The lowest BCUT2D eigenvalue weighted by molar-refractivity contribution is -0.117. The fraction of sp³-hybridized carbons (Fsp3) is 0.200. The molecule has 2 aromatic rings. The summed E-state index contributed by atoms with van der Waals surface area (Å²) in [5.41, 5.74) is 1.86. The number of carbonyl (C=O) groups is 1. The molecule has 0 fully saturated rings. The number of hydrogen-bond donors (Lipinski definition) is 2. The van der Waals surface area contributed by atoms with E-state index in [0.29, 0.717) is 13.2 Å². The van der Waals surface area contributed by atoms with Crippen molar-refractivity contribution in [3.05, 3.63) is 41.6 Å². The molecule has 102 valence electrons. The molecule has 5 heteroatoms. The minimum atomic E-state index is -0.394. The van der Waals surface area contributed by atoms with Gasteiger partial charge in [0.05, 0.1) is 6.61 Å². The molecule has 5 nitrogen and oxygen atoms in total. The maximum absolute atomic E-state index is 11.8. The molecule has 0 atom stereocenters. The van der Waals surface area contributed by atoms with Gasteiger partial charge in [-0.05, 0) is 12.1 Å². The highest BCUT2D eigenvalue weighted by Crippen LogP contribution is 2.20. The first-order valence-electron chi connectivity index (χ1n) is 6.21. The maximum atomic E-state index is 11.8. The van der Waals surface area contributed by atoms with E-state index < -0.39 is 5.91 Å². The van der Waals surface area contributed by atoms with E-state index in [0.717, 1.165) is 16.5 Å². The number of rotatable bonds is 5. The minimum Gasteiger partial charge on any atom is -0.383 e. The summed E-state index contributed by atoms with van der Waals surface area (Å²) in [6.45, 7) is 0.791. The van der Waals surface area contributed by atoms with Crippen LogP contribution in [0.15, 0.2) is 36.0 Å². The molecule has 0 radical (unpaired) electrons. The van der Waals surface area contributed by atoms with E-state index in [1.807, 2.05) is 30.3 Å². The van der Waals surface area contributed by atoms with E-state index >= 15 is 0 Å². The van der Waals surface area contributed by atoms with E-state index in [1.54, 1.807) is 19.4 Å². The number of nitriles is 1. The number of H-pyrrole nitrogens is 1. The van der Waals surface area contributed by atoms with Gasteiger partial charge in [-0.2, -0.15) is 5.26 Å². The van der Waals surface area contributed by atoms with Crippen LogP contribution in [0.5, 0.6) is 0 Å². The number of nitrogens with zero attached hydrogens (tertiary/aromatic N) is 1. The number of amides is 1. The largest absolute Gasteiger partial charge is 0.383 e. The van der Waals surface area contributed by atoms with Crippen molar-refractivity contribution in [1.82, 2.24) is 10.3 Å². The minimum absolute atomic E-state index is 0.0749. The highest BCUT2D eigenvalue weighted by Gasteiger charge is 2.09. The highest BCUT2D eigenvalue weighted by molar-refractivity contribution is 6.03. The molecule has 0 bridgehead atoms. The first-order chi connectivity index (χ1) is 9.76. The lowest BCUT2D eigenvalue weighted by Crippen LogP contribution is -2.27. The predicted octanol–water partition coefficient (Wildman–Crippen LogP) is 1.84. The summed E-state index contributed by atoms with van der Waals surface area (Å²) >= 11 is 0. The Hall–Kier alpha value is -2.58. The van der Waals surface area contributed by atoms with Gasteiger partial charge >= 0.3 is 0 Å². The average molecular weight is 269 g/mol. The molecule has 0 unspecified atom stereocenters. The van der Waals surface area contributed by atoms with Crippen LogP contribution in [-0.2, 0) is 9.53 Å². The van der Waals surface area contributed by atoms with E-state index in [1.165, 1.54) is 0 Å². The highest BCUT2D eigenvalue weighted by atomic mass is 16.5. The van der Waals surface area contributed by atoms with Crippen LogP contribution >= 0.6 is 0 Å². The number of nitrogens with one attached hydrogen (secondary N) is 2. The standard InChI is InChI=1S/C15H15N3O2/c1-20-7-6-17-15(19)11(9-16)8-12-10-18-14-5-3-2-4-13(12)14/h2-5,8,10,18H,6-7H2,1H3,(H,17,19)/b11-8-. The Morgan fingerprint density at radius 3 is 3.05 bits per heavy atom. The van der Waals surface area contributed by atoms with Crippen LogP contribution in [0.4, 0.5) is 0 Å². The van der Waals surface area contributed by atoms with Gasteiger partial charge in [0.25, 0.3) is 5.91 Å². The van der Waals surface area contributed by atoms with Crippen molar-refractivity contribution in [1.29, 1.82) is 5.26 Å². The van der Waals surface area contributed by atoms with Gasteiger partial charge in [-0.25, -0.2) is 0 Å². The molecule has 1 aromatic carbocycles. The maximum Gasteiger partial charge on any atom is 0.262 e. The Bertz CT molecular complexity index is 680. The van der Waals surface area contributed by atoms with Crippen LogP contribution in [-0.4, -0.2) is 31.2 Å². The molecule has 0 aliphatic rings. The zero-order valence-corrected chi connectivity index (χ0v) is 11.1. The van der Waals surface area contributed by atoms with Gasteiger partial charge in [0.15, 0.2) is 0 Å². The number of aromatic nitrogens is 1. The van der Waals surface area contributed by atoms with E-state index in [9.17, 15) is 4.79 Å². The molecule has 1 aromatic heterocycles. The van der Waals surface area contributed by atoms with Crippen molar-refractivity contribution in [2.45, 2.75) is 0 Å². The smallest absolute Gasteiger partial charge is 0.262 e. The molecule has 1 heterocycles. The molecule has 0 aliphatic heterocycles. The summed E-state index contributed by atoms with van der Waals surface area (Å²) in [5.74, 6) is -0.394. The fourth-order valence-corrected chi connectivity index (χ4v) is 1.88. The number of methoxy groups -OCH3 is 1. The van der Waals surface area contributed by atoms with Gasteiger partial charge in [-0.1, -0.05) is 18.2 Å². The quantitative estimate of drug-likeness (QED) is 0.494. The zero-order chi connectivity index (χ0) is 14.4. The number of ether oxygens (including phenoxy) is 1. The third-order valence-electron chi connectivity index (χ3n) is 2.88. The molecule has 2 rings (SSSR count). The van der Waals surface area contributed by atoms with Crippen LogP contribution in [0.2, 0.25) is 0 Å². The summed E-state index contributed by atoms with van der Waals surface area (Å²) in [6.07, 6.45) is 3.37. The molecular weight excluding hydrogens is 254 g/mol. The lowest BCUT2D eigenvalue weighted by atomic mass is 10.1. The van der Waals surface area contributed by atoms with Crippen molar-refractivity contribution in [3.63, 3.8) is 0 Å². The second kappa shape index (κ2) is 6.55. The van der Waals surface area contributed by atoms with Crippen molar-refractivity contribution in [3.8, 4) is 6.07 Å². The first kappa shape index (κ1) is 13.8. The molecule has 20 heavy (non-hydrogen) atoms. The predicted molar refractivity (Wildman–Crippen MR) is 76.8 cm³/mol. The third-order valence-corrected chi connectivity index (χ3v) is 2.88. The van der Waals surface area contributed by atoms with Crippen molar-refractivity contribution < 1.29 is 9.53 Å². The van der Waals surface area contributed by atoms with Gasteiger partial charge in [0, 0.05) is 36.3 Å². The van der Waals surface area contributed by atoms with Gasteiger partial charge in [0.2, 0.25) is 0 Å². The van der Waals surface area contributed by atoms with Crippen molar-refractivity contribution in [2.24, 2.45) is 0 Å². The molecule has 0 saturated carbocycles. The zero-order valence-electron chi connectivity index (χ0n) is 11.1. The number of carbonyl (C=O) groups excluding carboxylic acids is 1. The molecule has 0 aliphatic carbocycles. The number of fused-ring (bicyclic) bond motifs is 1. The average Bonchev–Trinajstić information content (AvgIpc) is 2.88.